The van der Waals surface area contributed by atoms with Crippen LogP contribution in [0, 0.1) is 12.9 Å². The van der Waals surface area contributed by atoms with Crippen LogP contribution >= 0.6 is 0 Å². The van der Waals surface area contributed by atoms with Crippen molar-refractivity contribution in [3.05, 3.63) is 35.4 Å². The van der Waals surface area contributed by atoms with Gasteiger partial charge < -0.3 is 0 Å². The van der Waals surface area contributed by atoms with Crippen LogP contribution in [0.15, 0.2) is 18.2 Å². The van der Waals surface area contributed by atoms with Crippen LogP contribution in [-0.2, 0) is 4.79 Å². The van der Waals surface area contributed by atoms with Gasteiger partial charge in [0.15, 0.2) is 0 Å². The van der Waals surface area contributed by atoms with E-state index in [9.17, 15) is 9.18 Å². The summed E-state index contributed by atoms with van der Waals surface area (Å²) >= 11 is 0. The average Bonchev–Trinajstić information content (AvgIpc) is 2.07. The summed E-state index contributed by atoms with van der Waals surface area (Å²) in [5.74, 6) is -0.497. The molecule has 0 aliphatic heterocycles. The first kappa shape index (κ1) is 8.59. The number of aromatic nitrogens is 1. The number of nitrogens with zero attached hydrogens (tertiary/aromatic N) is 1. The van der Waals surface area contributed by atoms with E-state index in [1.807, 2.05) is 0 Å². The van der Waals surface area contributed by atoms with Gasteiger partial charge in [-0.3, -0.25) is 4.79 Å². The molecule has 0 aliphatic rings. The molecule has 1 aromatic rings. The number of carbonyl (C=O) groups excluding carboxylic acids is 1. The second kappa shape index (κ2) is 3.76. The zero-order valence-electron chi connectivity index (χ0n) is 6.62. The Labute approximate surface area is 69.7 Å². The lowest BCUT2D eigenvalue weighted by atomic mass is 10.2. The molecule has 0 saturated heterocycles. The summed E-state index contributed by atoms with van der Waals surface area (Å²) in [5, 5.41) is 0. The minimum Gasteiger partial charge on any atom is -0.299 e. The normalized spacial score (nSPS) is 10.5. The molecular formula is C9H8FNO. The number of rotatable bonds is 2. The van der Waals surface area contributed by atoms with Crippen molar-refractivity contribution in [2.45, 2.75) is 6.92 Å². The van der Waals surface area contributed by atoms with E-state index in [2.05, 4.69) is 4.98 Å². The van der Waals surface area contributed by atoms with Gasteiger partial charge in [-0.1, -0.05) is 6.07 Å². The molecule has 0 N–H and O–H groups in total. The molecule has 1 rings (SSSR count). The fraction of sp³-hybridized carbons (Fsp3) is 0.111. The first-order valence-corrected chi connectivity index (χ1v) is 3.49. The lowest BCUT2D eigenvalue weighted by molar-refractivity contribution is -0.104. The maximum atomic E-state index is 12.8. The van der Waals surface area contributed by atoms with Gasteiger partial charge in [0.1, 0.15) is 6.29 Å². The highest BCUT2D eigenvalue weighted by molar-refractivity contribution is 5.72. The largest absolute Gasteiger partial charge is 0.299 e. The molecular weight excluding hydrogens is 157 g/mol. The van der Waals surface area contributed by atoms with E-state index in [1.165, 1.54) is 12.2 Å². The lowest BCUT2D eigenvalue weighted by Gasteiger charge is -1.95. The van der Waals surface area contributed by atoms with Crippen LogP contribution in [0.3, 0.4) is 0 Å². The third-order valence-electron chi connectivity index (χ3n) is 1.40. The molecule has 2 nitrogen and oxygen atoms in total. The molecule has 0 amide bonds. The van der Waals surface area contributed by atoms with Crippen molar-refractivity contribution in [3.8, 4) is 0 Å². The van der Waals surface area contributed by atoms with E-state index in [0.717, 1.165) is 0 Å². The number of halogens is 1. The number of aryl methyl sites for hydroxylation is 1. The first-order chi connectivity index (χ1) is 5.74. The smallest absolute Gasteiger partial charge is 0.216 e. The van der Waals surface area contributed by atoms with Crippen molar-refractivity contribution in [1.82, 2.24) is 4.98 Å². The quantitative estimate of drug-likeness (QED) is 0.379. The molecule has 0 bridgehead atoms. The minimum absolute atomic E-state index is 0.449. The Kier molecular flexibility index (Phi) is 2.69. The molecule has 3 heteroatoms. The zero-order valence-corrected chi connectivity index (χ0v) is 6.62. The summed E-state index contributed by atoms with van der Waals surface area (Å²) in [4.78, 5) is 13.5. The summed E-state index contributed by atoms with van der Waals surface area (Å²) < 4.78 is 12.8. The number of allylic oxidation sites excluding steroid dienone is 1. The topological polar surface area (TPSA) is 30.0 Å². The van der Waals surface area contributed by atoms with Crippen LogP contribution < -0.4 is 0 Å². The molecule has 0 spiro atoms. The van der Waals surface area contributed by atoms with Crippen molar-refractivity contribution in [2.75, 3.05) is 0 Å². The molecule has 0 radical (unpaired) electrons. The van der Waals surface area contributed by atoms with E-state index in [4.69, 9.17) is 0 Å². The van der Waals surface area contributed by atoms with Crippen LogP contribution in [-0.4, -0.2) is 11.3 Å². The summed E-state index contributed by atoms with van der Waals surface area (Å²) in [5.41, 5.74) is 0.948. The molecule has 1 aromatic heterocycles. The second-order valence-corrected chi connectivity index (χ2v) is 2.34. The molecule has 1 heterocycles. The summed E-state index contributed by atoms with van der Waals surface area (Å²) in [6, 6.07) is 3.27. The van der Waals surface area contributed by atoms with Crippen molar-refractivity contribution in [3.63, 3.8) is 0 Å². The Morgan fingerprint density at radius 2 is 2.25 bits per heavy atom. The molecule has 12 heavy (non-hydrogen) atoms. The van der Waals surface area contributed by atoms with E-state index < -0.39 is 5.95 Å². The molecule has 0 unspecified atom stereocenters. The Balaban J connectivity index is 2.96. The first-order valence-electron chi connectivity index (χ1n) is 3.49. The van der Waals surface area contributed by atoms with Gasteiger partial charge in [0.25, 0.3) is 0 Å². The molecule has 62 valence electrons. The van der Waals surface area contributed by atoms with Gasteiger partial charge in [0.2, 0.25) is 5.95 Å². The molecule has 0 saturated carbocycles. The third kappa shape index (κ3) is 1.99. The van der Waals surface area contributed by atoms with E-state index in [1.54, 1.807) is 19.1 Å². The van der Waals surface area contributed by atoms with Crippen LogP contribution in [0.25, 0.3) is 6.08 Å². The van der Waals surface area contributed by atoms with E-state index >= 15 is 0 Å². The Morgan fingerprint density at radius 3 is 2.83 bits per heavy atom. The average molecular weight is 165 g/mol. The maximum absolute atomic E-state index is 12.8. The number of hydrogen-bond donors (Lipinski definition) is 0. The number of hydrogen-bond acceptors (Lipinski definition) is 2. The predicted octanol–water partition coefficient (Wildman–Crippen LogP) is 1.74. The van der Waals surface area contributed by atoms with Crippen molar-refractivity contribution in [2.24, 2.45) is 0 Å². The van der Waals surface area contributed by atoms with Crippen molar-refractivity contribution < 1.29 is 9.18 Å². The number of pyridine rings is 1. The van der Waals surface area contributed by atoms with Gasteiger partial charge in [0.05, 0.1) is 5.69 Å². The Morgan fingerprint density at radius 1 is 1.50 bits per heavy atom. The van der Waals surface area contributed by atoms with Gasteiger partial charge in [-0.2, -0.15) is 4.39 Å². The zero-order chi connectivity index (χ0) is 8.97. The fourth-order valence-electron chi connectivity index (χ4n) is 0.749. The summed E-state index contributed by atoms with van der Waals surface area (Å²) in [6.07, 6.45) is 3.35. The lowest BCUT2D eigenvalue weighted by Crippen LogP contribution is -1.89. The highest BCUT2D eigenvalue weighted by Gasteiger charge is 1.97. The maximum Gasteiger partial charge on any atom is 0.216 e. The second-order valence-electron chi connectivity index (χ2n) is 2.34. The monoisotopic (exact) mass is 165 g/mol. The van der Waals surface area contributed by atoms with Crippen LogP contribution in [0.5, 0.6) is 0 Å². The Bertz CT molecular complexity index is 320. The fourth-order valence-corrected chi connectivity index (χ4v) is 0.749. The van der Waals surface area contributed by atoms with Gasteiger partial charge in [-0.05, 0) is 25.1 Å². The van der Waals surface area contributed by atoms with Gasteiger partial charge in [-0.15, -0.1) is 0 Å². The van der Waals surface area contributed by atoms with Crippen molar-refractivity contribution >= 4 is 12.4 Å². The number of carbonyl (C=O) groups is 1. The van der Waals surface area contributed by atoms with Crippen molar-refractivity contribution in [1.29, 1.82) is 0 Å². The predicted molar refractivity (Wildman–Crippen MR) is 44.0 cm³/mol. The molecule has 0 fully saturated rings. The van der Waals surface area contributed by atoms with Gasteiger partial charge >= 0.3 is 0 Å². The third-order valence-corrected chi connectivity index (χ3v) is 1.40. The van der Waals surface area contributed by atoms with Crippen LogP contribution in [0.2, 0.25) is 0 Å². The van der Waals surface area contributed by atoms with Gasteiger partial charge in [0, 0.05) is 5.56 Å². The molecule has 0 atom stereocenters. The SMILES string of the molecule is Cc1ccc(/C=C/C=O)nc1F. The molecule has 0 aliphatic carbocycles. The standard InChI is InChI=1S/C9H8FNO/c1-7-4-5-8(3-2-6-12)11-9(7)10/h2-6H,1H3/b3-2+. The molecule has 0 aromatic carbocycles. The van der Waals surface area contributed by atoms with Crippen LogP contribution in [0.4, 0.5) is 4.39 Å². The van der Waals surface area contributed by atoms with Gasteiger partial charge in [-0.25, -0.2) is 4.98 Å². The summed E-state index contributed by atoms with van der Waals surface area (Å²) in [6.45, 7) is 1.63. The highest BCUT2D eigenvalue weighted by atomic mass is 19.1. The van der Waals surface area contributed by atoms with Crippen LogP contribution in [0.1, 0.15) is 11.3 Å². The highest BCUT2D eigenvalue weighted by Crippen LogP contribution is 2.05. The van der Waals surface area contributed by atoms with E-state index in [0.29, 0.717) is 17.5 Å². The summed E-state index contributed by atoms with van der Waals surface area (Å²) in [7, 11) is 0. The van der Waals surface area contributed by atoms with E-state index in [-0.39, 0.29) is 0 Å². The number of aldehydes is 1. The Hall–Kier alpha value is -1.51. The minimum atomic E-state index is -0.497.